The Kier molecular flexibility index (Phi) is 5.28. The molecule has 0 fully saturated rings. The van der Waals surface area contributed by atoms with Crippen molar-refractivity contribution in [3.8, 4) is 6.07 Å². The maximum Gasteiger partial charge on any atom is 0.227 e. The molecule has 96 valence electrons. The minimum Gasteiger partial charge on any atom is -0.330 e. The van der Waals surface area contributed by atoms with Gasteiger partial charge in [0.1, 0.15) is 17.4 Å². The minimum atomic E-state index is -0.634. The molecule has 1 atom stereocenters. The van der Waals surface area contributed by atoms with E-state index >= 15 is 0 Å². The molecule has 0 aromatic heterocycles. The lowest BCUT2D eigenvalue weighted by atomic mass is 10.0. The number of hydrogen-bond acceptors (Lipinski definition) is 3. The predicted molar refractivity (Wildman–Crippen MR) is 67.2 cm³/mol. The van der Waals surface area contributed by atoms with Crippen molar-refractivity contribution in [2.45, 2.75) is 19.8 Å². The zero-order chi connectivity index (χ0) is 13.5. The first-order chi connectivity index (χ1) is 8.60. The van der Waals surface area contributed by atoms with Crippen LogP contribution in [0.1, 0.15) is 25.3 Å². The van der Waals surface area contributed by atoms with Crippen LogP contribution in [0, 0.1) is 23.1 Å². The van der Waals surface area contributed by atoms with Gasteiger partial charge in [-0.25, -0.2) is 4.39 Å². The van der Waals surface area contributed by atoms with Crippen molar-refractivity contribution < 1.29 is 9.18 Å². The summed E-state index contributed by atoms with van der Waals surface area (Å²) in [6.45, 7) is 2.30. The molecule has 0 aliphatic rings. The van der Waals surface area contributed by atoms with Crippen LogP contribution in [0.25, 0.3) is 0 Å². The molecule has 1 unspecified atom stereocenters. The van der Waals surface area contributed by atoms with Crippen LogP contribution in [0.2, 0.25) is 0 Å². The monoisotopic (exact) mass is 249 g/mol. The number of carbonyl (C=O) groups is 1. The molecular weight excluding hydrogens is 233 g/mol. The van der Waals surface area contributed by atoms with Gasteiger partial charge in [0.15, 0.2) is 0 Å². The number of nitrogens with two attached hydrogens (primary N) is 1. The Hall–Kier alpha value is -1.93. The summed E-state index contributed by atoms with van der Waals surface area (Å²) in [5.41, 5.74) is 5.44. The first kappa shape index (κ1) is 14.1. The highest BCUT2D eigenvalue weighted by atomic mass is 19.1. The Morgan fingerprint density at radius 1 is 1.61 bits per heavy atom. The molecule has 0 saturated heterocycles. The van der Waals surface area contributed by atoms with Crippen molar-refractivity contribution >= 4 is 11.6 Å². The maximum absolute atomic E-state index is 13.3. The van der Waals surface area contributed by atoms with Gasteiger partial charge in [-0.05, 0) is 31.5 Å². The van der Waals surface area contributed by atoms with Crippen LogP contribution in [-0.2, 0) is 4.79 Å². The number of halogens is 1. The highest BCUT2D eigenvalue weighted by Crippen LogP contribution is 2.19. The Morgan fingerprint density at radius 2 is 2.33 bits per heavy atom. The largest absolute Gasteiger partial charge is 0.330 e. The molecular formula is C13H16FN3O. The van der Waals surface area contributed by atoms with Gasteiger partial charge in [0.05, 0.1) is 5.69 Å². The lowest BCUT2D eigenvalue weighted by Gasteiger charge is -2.12. The fourth-order valence-corrected chi connectivity index (χ4v) is 1.55. The van der Waals surface area contributed by atoms with E-state index in [1.54, 1.807) is 13.0 Å². The quantitative estimate of drug-likeness (QED) is 0.837. The van der Waals surface area contributed by atoms with Gasteiger partial charge in [-0.2, -0.15) is 5.26 Å². The summed E-state index contributed by atoms with van der Waals surface area (Å²) < 4.78 is 13.3. The SMILES string of the molecule is CC(CCCN)C(=O)Nc1cccc(F)c1C#N. The summed E-state index contributed by atoms with van der Waals surface area (Å²) in [5.74, 6) is -1.08. The van der Waals surface area contributed by atoms with E-state index in [9.17, 15) is 9.18 Å². The Labute approximate surface area is 106 Å². The predicted octanol–water partition coefficient (Wildman–Crippen LogP) is 2.01. The second-order valence-corrected chi connectivity index (χ2v) is 4.10. The van der Waals surface area contributed by atoms with E-state index in [0.29, 0.717) is 13.0 Å². The zero-order valence-electron chi connectivity index (χ0n) is 10.2. The summed E-state index contributed by atoms with van der Waals surface area (Å²) >= 11 is 0. The van der Waals surface area contributed by atoms with Gasteiger partial charge in [0.2, 0.25) is 5.91 Å². The van der Waals surface area contributed by atoms with Crippen molar-refractivity contribution in [2.75, 3.05) is 11.9 Å². The summed E-state index contributed by atoms with van der Waals surface area (Å²) in [6.07, 6.45) is 1.42. The van der Waals surface area contributed by atoms with E-state index in [-0.39, 0.29) is 23.1 Å². The van der Waals surface area contributed by atoms with Crippen molar-refractivity contribution in [1.82, 2.24) is 0 Å². The van der Waals surface area contributed by atoms with Crippen molar-refractivity contribution in [3.05, 3.63) is 29.6 Å². The van der Waals surface area contributed by atoms with Crippen LogP contribution in [0.4, 0.5) is 10.1 Å². The van der Waals surface area contributed by atoms with Crippen LogP contribution in [0.15, 0.2) is 18.2 Å². The zero-order valence-corrected chi connectivity index (χ0v) is 10.2. The first-order valence-electron chi connectivity index (χ1n) is 5.79. The smallest absolute Gasteiger partial charge is 0.227 e. The molecule has 0 aliphatic carbocycles. The number of carbonyl (C=O) groups excluding carboxylic acids is 1. The fraction of sp³-hybridized carbons (Fsp3) is 0.385. The highest BCUT2D eigenvalue weighted by Gasteiger charge is 2.15. The number of nitrogens with zero attached hydrogens (tertiary/aromatic N) is 1. The second-order valence-electron chi connectivity index (χ2n) is 4.10. The molecule has 0 aliphatic heterocycles. The van der Waals surface area contributed by atoms with Crippen LogP contribution in [0.3, 0.4) is 0 Å². The van der Waals surface area contributed by atoms with Gasteiger partial charge in [-0.15, -0.1) is 0 Å². The van der Waals surface area contributed by atoms with Crippen LogP contribution in [-0.4, -0.2) is 12.5 Å². The van der Waals surface area contributed by atoms with Gasteiger partial charge in [-0.1, -0.05) is 13.0 Å². The van der Waals surface area contributed by atoms with E-state index in [2.05, 4.69) is 5.32 Å². The third kappa shape index (κ3) is 3.54. The molecule has 0 radical (unpaired) electrons. The molecule has 0 bridgehead atoms. The summed E-state index contributed by atoms with van der Waals surface area (Å²) in [4.78, 5) is 11.8. The Bertz CT molecular complexity index is 468. The van der Waals surface area contributed by atoms with Gasteiger partial charge in [-0.3, -0.25) is 4.79 Å². The van der Waals surface area contributed by atoms with Gasteiger partial charge >= 0.3 is 0 Å². The first-order valence-corrected chi connectivity index (χ1v) is 5.79. The lowest BCUT2D eigenvalue weighted by Crippen LogP contribution is -2.21. The molecule has 4 nitrogen and oxygen atoms in total. The lowest BCUT2D eigenvalue weighted by molar-refractivity contribution is -0.119. The van der Waals surface area contributed by atoms with Gasteiger partial charge < -0.3 is 11.1 Å². The molecule has 1 aromatic carbocycles. The average Bonchev–Trinajstić information content (AvgIpc) is 2.36. The highest BCUT2D eigenvalue weighted by molar-refractivity contribution is 5.93. The van der Waals surface area contributed by atoms with E-state index in [0.717, 1.165) is 6.42 Å². The molecule has 5 heteroatoms. The number of hydrogen-bond donors (Lipinski definition) is 2. The third-order valence-corrected chi connectivity index (χ3v) is 2.67. The molecule has 0 heterocycles. The summed E-state index contributed by atoms with van der Waals surface area (Å²) in [5, 5.41) is 11.4. The van der Waals surface area contributed by atoms with Gasteiger partial charge in [0.25, 0.3) is 0 Å². The second kappa shape index (κ2) is 6.72. The summed E-state index contributed by atoms with van der Waals surface area (Å²) in [6, 6.07) is 5.89. The molecule has 0 spiro atoms. The molecule has 1 rings (SSSR count). The van der Waals surface area contributed by atoms with Gasteiger partial charge in [0, 0.05) is 5.92 Å². The number of amides is 1. The van der Waals surface area contributed by atoms with E-state index in [1.165, 1.54) is 18.2 Å². The molecule has 18 heavy (non-hydrogen) atoms. The van der Waals surface area contributed by atoms with E-state index in [1.807, 2.05) is 0 Å². The number of nitriles is 1. The summed E-state index contributed by atoms with van der Waals surface area (Å²) in [7, 11) is 0. The number of rotatable bonds is 5. The average molecular weight is 249 g/mol. The van der Waals surface area contributed by atoms with Crippen LogP contribution >= 0.6 is 0 Å². The number of nitrogens with one attached hydrogen (secondary N) is 1. The van der Waals surface area contributed by atoms with Crippen LogP contribution in [0.5, 0.6) is 0 Å². The van der Waals surface area contributed by atoms with Crippen molar-refractivity contribution in [1.29, 1.82) is 5.26 Å². The minimum absolute atomic E-state index is 0.142. The topological polar surface area (TPSA) is 78.9 Å². The van der Waals surface area contributed by atoms with Crippen molar-refractivity contribution in [3.63, 3.8) is 0 Å². The molecule has 3 N–H and O–H groups in total. The standard InChI is InChI=1S/C13H16FN3O/c1-9(4-3-7-15)13(18)17-12-6-2-5-11(14)10(12)8-16/h2,5-6,9H,3-4,7,15H2,1H3,(H,17,18). The van der Waals surface area contributed by atoms with Crippen LogP contribution < -0.4 is 11.1 Å². The fourth-order valence-electron chi connectivity index (χ4n) is 1.55. The Morgan fingerprint density at radius 3 is 2.94 bits per heavy atom. The number of anilines is 1. The van der Waals surface area contributed by atoms with E-state index in [4.69, 9.17) is 11.0 Å². The Balaban J connectivity index is 2.76. The molecule has 1 amide bonds. The normalized spacial score (nSPS) is 11.7. The van der Waals surface area contributed by atoms with E-state index < -0.39 is 5.82 Å². The molecule has 0 saturated carbocycles. The molecule has 1 aromatic rings. The maximum atomic E-state index is 13.3. The number of benzene rings is 1. The third-order valence-electron chi connectivity index (χ3n) is 2.67. The van der Waals surface area contributed by atoms with Crippen molar-refractivity contribution in [2.24, 2.45) is 11.7 Å².